The van der Waals surface area contributed by atoms with Crippen LogP contribution in [0.15, 0.2) is 24.3 Å². The van der Waals surface area contributed by atoms with Gasteiger partial charge in [0, 0.05) is 12.1 Å². The van der Waals surface area contributed by atoms with Gasteiger partial charge in [0.05, 0.1) is 26.7 Å². The number of hydrogen-bond acceptors (Lipinski definition) is 7. The zero-order chi connectivity index (χ0) is 23.0. The third-order valence-electron chi connectivity index (χ3n) is 5.73. The highest BCUT2D eigenvalue weighted by atomic mass is 16.5. The fourth-order valence-electron chi connectivity index (χ4n) is 4.30. The first-order chi connectivity index (χ1) is 15.2. The van der Waals surface area contributed by atoms with Gasteiger partial charge in [0.15, 0.2) is 23.9 Å². The molecule has 1 heterocycles. The summed E-state index contributed by atoms with van der Waals surface area (Å²) in [5.41, 5.74) is 1.58. The highest BCUT2D eigenvalue weighted by molar-refractivity contribution is 6.03. The number of methoxy groups -OCH3 is 2. The molecule has 0 saturated heterocycles. The molecule has 32 heavy (non-hydrogen) atoms. The number of hydrogen-bond donors (Lipinski definition) is 2. The maximum absolute atomic E-state index is 12.5. The Morgan fingerprint density at radius 1 is 1.19 bits per heavy atom. The number of nitrogens with one attached hydrogen (secondary N) is 1. The molecular weight excluding hydrogens is 414 g/mol. The van der Waals surface area contributed by atoms with E-state index in [1.54, 1.807) is 28.1 Å². The number of carbonyl (C=O) groups excluding carboxylic acids is 2. The van der Waals surface area contributed by atoms with Gasteiger partial charge in [-0.3, -0.25) is 9.59 Å². The van der Waals surface area contributed by atoms with Crippen LogP contribution in [0.3, 0.4) is 0 Å². The van der Waals surface area contributed by atoms with E-state index in [0.29, 0.717) is 11.5 Å². The van der Waals surface area contributed by atoms with Crippen molar-refractivity contribution in [2.75, 3.05) is 20.8 Å². The van der Waals surface area contributed by atoms with E-state index in [1.165, 1.54) is 12.1 Å². The molecule has 1 unspecified atom stereocenters. The molecule has 1 aliphatic carbocycles. The minimum absolute atomic E-state index is 0.146. The summed E-state index contributed by atoms with van der Waals surface area (Å²) < 4.78 is 22.1. The van der Waals surface area contributed by atoms with Crippen LogP contribution in [0.2, 0.25) is 0 Å². The maximum Gasteiger partial charge on any atom is 0.258 e. The number of aromatic hydroxyl groups is 1. The number of fused-ring (bicyclic) bond motifs is 2. The number of Topliss-reactive ketones (excluding diaryl/α,β-unsaturated/α-hetero) is 1. The average molecular weight is 441 g/mol. The molecule has 0 radical (unpaired) electrons. The summed E-state index contributed by atoms with van der Waals surface area (Å²) in [5, 5.41) is 13.3. The molecule has 2 N–H and O–H groups in total. The molecular formula is C24H27NO7. The zero-order valence-electron chi connectivity index (χ0n) is 18.6. The first kappa shape index (κ1) is 21.8. The van der Waals surface area contributed by atoms with Crippen molar-refractivity contribution in [3.05, 3.63) is 41.0 Å². The van der Waals surface area contributed by atoms with E-state index in [4.69, 9.17) is 18.9 Å². The molecule has 0 bridgehead atoms. The van der Waals surface area contributed by atoms with Gasteiger partial charge >= 0.3 is 0 Å². The standard InChI is InChI=1S/C24H27NO7/c1-24(2)11-18(27)23-17(26)8-14(9-21(23)32-24)31-12-22(28)25-16-6-5-13-7-19(29-3)20(30-4)10-15(13)16/h7-10,16,26H,5-6,11-12H2,1-4H3,(H,25,28). The Bertz CT molecular complexity index is 1080. The van der Waals surface area contributed by atoms with Crippen LogP contribution in [-0.2, 0) is 11.2 Å². The lowest BCUT2D eigenvalue weighted by molar-refractivity contribution is -0.123. The molecule has 170 valence electrons. The highest BCUT2D eigenvalue weighted by Gasteiger charge is 2.35. The first-order valence-corrected chi connectivity index (χ1v) is 10.5. The van der Waals surface area contributed by atoms with E-state index in [0.717, 1.165) is 24.0 Å². The quantitative estimate of drug-likeness (QED) is 0.709. The molecule has 0 fully saturated rings. The maximum atomic E-state index is 12.5. The van der Waals surface area contributed by atoms with Crippen LogP contribution in [0.4, 0.5) is 0 Å². The lowest BCUT2D eigenvalue weighted by Gasteiger charge is -2.32. The third kappa shape index (κ3) is 4.17. The Hall–Kier alpha value is -3.42. The van der Waals surface area contributed by atoms with Crippen molar-refractivity contribution >= 4 is 11.7 Å². The summed E-state index contributed by atoms with van der Waals surface area (Å²) in [7, 11) is 3.17. The van der Waals surface area contributed by atoms with Crippen molar-refractivity contribution in [1.29, 1.82) is 0 Å². The normalized spacial score (nSPS) is 18.2. The number of amides is 1. The smallest absolute Gasteiger partial charge is 0.258 e. The van der Waals surface area contributed by atoms with Gasteiger partial charge in [-0.2, -0.15) is 0 Å². The van der Waals surface area contributed by atoms with Gasteiger partial charge < -0.3 is 29.4 Å². The van der Waals surface area contributed by atoms with Gasteiger partial charge in [-0.05, 0) is 49.9 Å². The Morgan fingerprint density at radius 2 is 1.91 bits per heavy atom. The lowest BCUT2D eigenvalue weighted by Crippen LogP contribution is -2.36. The van der Waals surface area contributed by atoms with Crippen LogP contribution in [0.1, 0.15) is 54.2 Å². The van der Waals surface area contributed by atoms with E-state index < -0.39 is 5.60 Å². The lowest BCUT2D eigenvalue weighted by atomic mass is 9.92. The third-order valence-corrected chi connectivity index (χ3v) is 5.73. The molecule has 1 aliphatic heterocycles. The second-order valence-corrected chi connectivity index (χ2v) is 8.63. The van der Waals surface area contributed by atoms with Crippen molar-refractivity contribution in [2.24, 2.45) is 0 Å². The number of ketones is 1. The predicted molar refractivity (Wildman–Crippen MR) is 116 cm³/mol. The Labute approximate surface area is 186 Å². The number of rotatable bonds is 6. The number of carbonyl (C=O) groups is 2. The first-order valence-electron chi connectivity index (χ1n) is 10.5. The Kier molecular flexibility index (Phi) is 5.62. The molecule has 1 amide bonds. The Morgan fingerprint density at radius 3 is 2.62 bits per heavy atom. The van der Waals surface area contributed by atoms with Gasteiger partial charge in [0.25, 0.3) is 5.91 Å². The minimum atomic E-state index is -0.674. The molecule has 1 atom stereocenters. The number of benzene rings is 2. The van der Waals surface area contributed by atoms with Crippen molar-refractivity contribution in [1.82, 2.24) is 5.32 Å². The zero-order valence-corrected chi connectivity index (χ0v) is 18.6. The summed E-state index contributed by atoms with van der Waals surface area (Å²) >= 11 is 0. The largest absolute Gasteiger partial charge is 0.507 e. The summed E-state index contributed by atoms with van der Waals surface area (Å²) in [6, 6.07) is 6.54. The van der Waals surface area contributed by atoms with E-state index in [1.807, 2.05) is 12.1 Å². The topological polar surface area (TPSA) is 103 Å². The van der Waals surface area contributed by atoms with Gasteiger partial charge in [-0.1, -0.05) is 0 Å². The summed E-state index contributed by atoms with van der Waals surface area (Å²) in [4.78, 5) is 24.9. The molecule has 0 aromatic heterocycles. The molecule has 8 nitrogen and oxygen atoms in total. The number of ether oxygens (including phenoxy) is 4. The molecule has 0 spiro atoms. The van der Waals surface area contributed by atoms with Crippen molar-refractivity contribution in [2.45, 2.75) is 44.8 Å². The van der Waals surface area contributed by atoms with Crippen LogP contribution in [-0.4, -0.2) is 43.2 Å². The average Bonchev–Trinajstić information content (AvgIpc) is 3.11. The van der Waals surface area contributed by atoms with Crippen molar-refractivity contribution < 1.29 is 33.6 Å². The Balaban J connectivity index is 1.43. The van der Waals surface area contributed by atoms with Crippen LogP contribution < -0.4 is 24.3 Å². The van der Waals surface area contributed by atoms with Crippen molar-refractivity contribution in [3.8, 4) is 28.7 Å². The number of phenols is 1. The molecule has 4 rings (SSSR count). The number of aryl methyl sites for hydroxylation is 1. The van der Waals surface area contributed by atoms with E-state index in [2.05, 4.69) is 5.32 Å². The second kappa shape index (κ2) is 8.26. The summed E-state index contributed by atoms with van der Waals surface area (Å²) in [5.74, 6) is 1.08. The van der Waals surface area contributed by atoms with Gasteiger partial charge in [0.1, 0.15) is 28.4 Å². The van der Waals surface area contributed by atoms with Gasteiger partial charge in [-0.25, -0.2) is 0 Å². The van der Waals surface area contributed by atoms with Gasteiger partial charge in [0.2, 0.25) is 0 Å². The minimum Gasteiger partial charge on any atom is -0.507 e. The van der Waals surface area contributed by atoms with E-state index in [-0.39, 0.29) is 53.6 Å². The number of phenolic OH excluding ortho intramolecular Hbond substituents is 1. The molecule has 0 saturated carbocycles. The van der Waals surface area contributed by atoms with Crippen molar-refractivity contribution in [3.63, 3.8) is 0 Å². The fraction of sp³-hybridized carbons (Fsp3) is 0.417. The fourth-order valence-corrected chi connectivity index (χ4v) is 4.30. The monoisotopic (exact) mass is 441 g/mol. The van der Waals surface area contributed by atoms with Crippen LogP contribution >= 0.6 is 0 Å². The summed E-state index contributed by atoms with van der Waals surface area (Å²) in [6.45, 7) is 3.36. The van der Waals surface area contributed by atoms with E-state index >= 15 is 0 Å². The molecule has 2 aromatic carbocycles. The van der Waals surface area contributed by atoms with Crippen LogP contribution in [0.5, 0.6) is 28.7 Å². The summed E-state index contributed by atoms with van der Waals surface area (Å²) in [6.07, 6.45) is 1.76. The SMILES string of the molecule is COc1cc2c(cc1OC)C(NC(=O)COc1cc(O)c3c(c1)OC(C)(C)CC3=O)CC2. The van der Waals surface area contributed by atoms with Crippen LogP contribution in [0.25, 0.3) is 0 Å². The second-order valence-electron chi connectivity index (χ2n) is 8.63. The van der Waals surface area contributed by atoms with Crippen LogP contribution in [0, 0.1) is 0 Å². The van der Waals surface area contributed by atoms with E-state index in [9.17, 15) is 14.7 Å². The van der Waals surface area contributed by atoms with Gasteiger partial charge in [-0.15, -0.1) is 0 Å². The molecule has 2 aliphatic rings. The predicted octanol–water partition coefficient (Wildman–Crippen LogP) is 3.34. The highest BCUT2D eigenvalue weighted by Crippen LogP contribution is 2.41. The molecule has 8 heteroatoms. The molecule has 2 aromatic rings.